The Labute approximate surface area is 161 Å². The summed E-state index contributed by atoms with van der Waals surface area (Å²) in [7, 11) is 1.59. The van der Waals surface area contributed by atoms with Gasteiger partial charge in [-0.3, -0.25) is 9.59 Å². The van der Waals surface area contributed by atoms with Gasteiger partial charge in [-0.05, 0) is 37.0 Å². The topological polar surface area (TPSA) is 58.6 Å². The Morgan fingerprint density at radius 1 is 1.07 bits per heavy atom. The third kappa shape index (κ3) is 5.84. The maximum atomic E-state index is 12.9. The molecule has 0 fully saturated rings. The van der Waals surface area contributed by atoms with Crippen LogP contribution in [0.3, 0.4) is 0 Å². The van der Waals surface area contributed by atoms with Gasteiger partial charge in [0, 0.05) is 13.6 Å². The van der Waals surface area contributed by atoms with Crippen molar-refractivity contribution in [3.8, 4) is 5.75 Å². The molecule has 2 amide bonds. The molecule has 0 aliphatic carbocycles. The molecule has 0 aromatic heterocycles. The van der Waals surface area contributed by atoms with Gasteiger partial charge in [0.15, 0.2) is 6.61 Å². The molecule has 2 rings (SSSR count). The summed E-state index contributed by atoms with van der Waals surface area (Å²) in [5.74, 6) is 0.335. The molecule has 0 saturated carbocycles. The quantitative estimate of drug-likeness (QED) is 0.740. The predicted molar refractivity (Wildman–Crippen MR) is 107 cm³/mol. The minimum Gasteiger partial charge on any atom is -0.484 e. The molecule has 0 radical (unpaired) electrons. The molecule has 5 heteroatoms. The minimum atomic E-state index is -0.508. The van der Waals surface area contributed by atoms with E-state index in [2.05, 4.69) is 5.32 Å². The summed E-state index contributed by atoms with van der Waals surface area (Å²) in [5, 5.41) is 2.66. The van der Waals surface area contributed by atoms with Crippen LogP contribution >= 0.6 is 0 Å². The third-order valence-corrected chi connectivity index (χ3v) is 4.56. The smallest absolute Gasteiger partial charge is 0.261 e. The number of carbonyl (C=O) groups excluding carboxylic acids is 2. The number of hydrogen-bond acceptors (Lipinski definition) is 3. The first-order valence-electron chi connectivity index (χ1n) is 9.30. The molecule has 27 heavy (non-hydrogen) atoms. The molecule has 2 aromatic carbocycles. The highest BCUT2D eigenvalue weighted by atomic mass is 16.5. The Kier molecular flexibility index (Phi) is 7.86. The molecule has 1 atom stereocenters. The summed E-state index contributed by atoms with van der Waals surface area (Å²) < 4.78 is 5.72. The molecule has 0 aliphatic rings. The van der Waals surface area contributed by atoms with Gasteiger partial charge in [-0.25, -0.2) is 0 Å². The Bertz CT molecular complexity index is 746. The van der Waals surface area contributed by atoms with E-state index >= 15 is 0 Å². The molecule has 0 saturated heterocycles. The van der Waals surface area contributed by atoms with Crippen molar-refractivity contribution in [2.24, 2.45) is 0 Å². The van der Waals surface area contributed by atoms with Crippen LogP contribution in [0, 0.1) is 6.92 Å². The van der Waals surface area contributed by atoms with Crippen molar-refractivity contribution in [3.63, 3.8) is 0 Å². The van der Waals surface area contributed by atoms with E-state index < -0.39 is 6.04 Å². The highest BCUT2D eigenvalue weighted by Gasteiger charge is 2.27. The maximum Gasteiger partial charge on any atom is 0.261 e. The Balaban J connectivity index is 2.10. The third-order valence-electron chi connectivity index (χ3n) is 4.56. The van der Waals surface area contributed by atoms with E-state index in [-0.39, 0.29) is 18.4 Å². The molecule has 144 valence electrons. The summed E-state index contributed by atoms with van der Waals surface area (Å²) >= 11 is 0. The van der Waals surface area contributed by atoms with Crippen LogP contribution in [0.15, 0.2) is 54.6 Å². The summed E-state index contributed by atoms with van der Waals surface area (Å²) in [5.41, 5.74) is 2.10. The fraction of sp³-hybridized carbons (Fsp3) is 0.364. The van der Waals surface area contributed by atoms with Crippen LogP contribution < -0.4 is 10.1 Å². The predicted octanol–water partition coefficient (Wildman–Crippen LogP) is 2.97. The first-order chi connectivity index (χ1) is 13.1. The maximum absolute atomic E-state index is 12.9. The highest BCUT2D eigenvalue weighted by molar-refractivity contribution is 5.88. The van der Waals surface area contributed by atoms with E-state index in [9.17, 15) is 9.59 Å². The average Bonchev–Trinajstić information content (AvgIpc) is 2.70. The van der Waals surface area contributed by atoms with Gasteiger partial charge in [0.1, 0.15) is 11.8 Å². The summed E-state index contributed by atoms with van der Waals surface area (Å²) in [6.45, 7) is 4.22. The lowest BCUT2D eigenvalue weighted by Gasteiger charge is -2.30. The van der Waals surface area contributed by atoms with Gasteiger partial charge in [0.25, 0.3) is 5.91 Å². The molecule has 0 heterocycles. The second kappa shape index (κ2) is 10.4. The SMILES string of the molecule is CC[C@H](C(=O)NC)N(CCc1ccccc1)C(=O)COc1ccccc1C. The average molecular weight is 368 g/mol. The van der Waals surface area contributed by atoms with Crippen LogP contribution in [-0.4, -0.2) is 43.0 Å². The number of hydrogen-bond donors (Lipinski definition) is 1. The second-order valence-corrected chi connectivity index (χ2v) is 6.42. The van der Waals surface area contributed by atoms with Crippen LogP contribution in [0.2, 0.25) is 0 Å². The van der Waals surface area contributed by atoms with E-state index in [1.54, 1.807) is 11.9 Å². The van der Waals surface area contributed by atoms with Crippen molar-refractivity contribution in [2.45, 2.75) is 32.7 Å². The van der Waals surface area contributed by atoms with Crippen molar-refractivity contribution in [2.75, 3.05) is 20.2 Å². The number of aryl methyl sites for hydroxylation is 1. The van der Waals surface area contributed by atoms with E-state index in [4.69, 9.17) is 4.74 Å². The van der Waals surface area contributed by atoms with Crippen LogP contribution in [0.5, 0.6) is 5.75 Å². The van der Waals surface area contributed by atoms with E-state index in [0.29, 0.717) is 25.1 Å². The molecule has 2 aromatic rings. The fourth-order valence-corrected chi connectivity index (χ4v) is 3.00. The van der Waals surface area contributed by atoms with Crippen LogP contribution in [-0.2, 0) is 16.0 Å². The Hall–Kier alpha value is -2.82. The van der Waals surface area contributed by atoms with Crippen molar-refractivity contribution >= 4 is 11.8 Å². The van der Waals surface area contributed by atoms with Crippen molar-refractivity contribution in [1.82, 2.24) is 10.2 Å². The van der Waals surface area contributed by atoms with E-state index in [1.165, 1.54) is 0 Å². The van der Waals surface area contributed by atoms with Gasteiger partial charge in [-0.1, -0.05) is 55.5 Å². The molecular weight excluding hydrogens is 340 g/mol. The number of nitrogens with zero attached hydrogens (tertiary/aromatic N) is 1. The molecule has 0 aliphatic heterocycles. The zero-order valence-corrected chi connectivity index (χ0v) is 16.3. The molecule has 0 unspecified atom stereocenters. The zero-order chi connectivity index (χ0) is 19.6. The first kappa shape index (κ1) is 20.5. The van der Waals surface area contributed by atoms with Gasteiger partial charge < -0.3 is 15.0 Å². The number of nitrogens with one attached hydrogen (secondary N) is 1. The normalized spacial score (nSPS) is 11.5. The highest BCUT2D eigenvalue weighted by Crippen LogP contribution is 2.17. The number of ether oxygens (including phenoxy) is 1. The number of carbonyl (C=O) groups is 2. The summed E-state index contributed by atoms with van der Waals surface area (Å²) in [4.78, 5) is 26.8. The molecule has 5 nitrogen and oxygen atoms in total. The van der Waals surface area contributed by atoms with Gasteiger partial charge in [-0.15, -0.1) is 0 Å². The molecule has 0 spiro atoms. The Morgan fingerprint density at radius 2 is 1.74 bits per heavy atom. The van der Waals surface area contributed by atoms with Crippen LogP contribution in [0.25, 0.3) is 0 Å². The van der Waals surface area contributed by atoms with Gasteiger partial charge >= 0.3 is 0 Å². The number of likely N-dealkylation sites (N-methyl/N-ethyl adjacent to an activating group) is 1. The van der Waals surface area contributed by atoms with E-state index in [1.807, 2.05) is 68.4 Å². The Morgan fingerprint density at radius 3 is 2.37 bits per heavy atom. The number of para-hydroxylation sites is 1. The van der Waals surface area contributed by atoms with Crippen LogP contribution in [0.4, 0.5) is 0 Å². The van der Waals surface area contributed by atoms with Crippen molar-refractivity contribution in [3.05, 3.63) is 65.7 Å². The molecule has 1 N–H and O–H groups in total. The summed E-state index contributed by atoms with van der Waals surface area (Å²) in [6.07, 6.45) is 1.23. The van der Waals surface area contributed by atoms with Crippen molar-refractivity contribution in [1.29, 1.82) is 0 Å². The second-order valence-electron chi connectivity index (χ2n) is 6.42. The number of rotatable bonds is 9. The largest absolute Gasteiger partial charge is 0.484 e. The zero-order valence-electron chi connectivity index (χ0n) is 16.3. The standard InChI is InChI=1S/C22H28N2O3/c1-4-19(22(26)23-3)24(15-14-18-11-6-5-7-12-18)21(25)16-27-20-13-9-8-10-17(20)2/h5-13,19H,4,14-16H2,1-3H3,(H,23,26)/t19-/m1/s1. The van der Waals surface area contributed by atoms with Gasteiger partial charge in [0.05, 0.1) is 0 Å². The fourth-order valence-electron chi connectivity index (χ4n) is 3.00. The molecule has 0 bridgehead atoms. The lowest BCUT2D eigenvalue weighted by molar-refractivity contribution is -0.142. The minimum absolute atomic E-state index is 0.0901. The first-order valence-corrected chi connectivity index (χ1v) is 9.30. The van der Waals surface area contributed by atoms with Crippen LogP contribution in [0.1, 0.15) is 24.5 Å². The molecular formula is C22H28N2O3. The lowest BCUT2D eigenvalue weighted by Crippen LogP contribution is -2.50. The summed E-state index contributed by atoms with van der Waals surface area (Å²) in [6, 6.07) is 17.0. The van der Waals surface area contributed by atoms with Gasteiger partial charge in [-0.2, -0.15) is 0 Å². The van der Waals surface area contributed by atoms with E-state index in [0.717, 1.165) is 11.1 Å². The number of benzene rings is 2. The monoisotopic (exact) mass is 368 g/mol. The lowest BCUT2D eigenvalue weighted by atomic mass is 10.1. The number of amides is 2. The van der Waals surface area contributed by atoms with Gasteiger partial charge in [0.2, 0.25) is 5.91 Å². The van der Waals surface area contributed by atoms with Crippen molar-refractivity contribution < 1.29 is 14.3 Å².